The second-order valence-electron chi connectivity index (χ2n) is 1.84. The normalized spacial score (nSPS) is 15.3. The molecule has 2 heterocycles. The van der Waals surface area contributed by atoms with Gasteiger partial charge in [0.25, 0.3) is 0 Å². The molecule has 0 unspecified atom stereocenters. The molecule has 46 valence electrons. The van der Waals surface area contributed by atoms with Crippen molar-refractivity contribution in [3.8, 4) is 0 Å². The van der Waals surface area contributed by atoms with Crippen LogP contribution in [0.4, 0.5) is 0 Å². The van der Waals surface area contributed by atoms with E-state index < -0.39 is 0 Å². The molecule has 0 bridgehead atoms. The van der Waals surface area contributed by atoms with Crippen molar-refractivity contribution in [2.45, 2.75) is 6.61 Å². The lowest BCUT2D eigenvalue weighted by molar-refractivity contribution is 0.0528. The average molecular weight is 124 g/mol. The van der Waals surface area contributed by atoms with Crippen molar-refractivity contribution >= 4 is 5.97 Å². The molecule has 0 aliphatic carbocycles. The third-order valence-corrected chi connectivity index (χ3v) is 1.27. The molecule has 4 nitrogen and oxygen atoms in total. The highest BCUT2D eigenvalue weighted by molar-refractivity contribution is 5.90. The Morgan fingerprint density at radius 1 is 1.78 bits per heavy atom. The lowest BCUT2D eigenvalue weighted by Crippen LogP contribution is -1.94. The molecule has 2 rings (SSSR count). The number of esters is 1. The van der Waals surface area contributed by atoms with Crippen LogP contribution in [0.1, 0.15) is 16.1 Å². The number of carbonyl (C=O) groups excluding carboxylic acids is 1. The predicted octanol–water partition coefficient (Wildman–Crippen LogP) is 0.0801. The molecule has 0 atom stereocenters. The van der Waals surface area contributed by atoms with E-state index >= 15 is 0 Å². The number of fused-ring (bicyclic) bond motifs is 1. The molecule has 0 saturated heterocycles. The summed E-state index contributed by atoms with van der Waals surface area (Å²) in [6, 6.07) is 0. The third kappa shape index (κ3) is 0.468. The topological polar surface area (TPSA) is 55.0 Å². The van der Waals surface area contributed by atoms with Gasteiger partial charge in [-0.25, -0.2) is 4.79 Å². The van der Waals surface area contributed by atoms with Crippen molar-refractivity contribution in [3.63, 3.8) is 0 Å². The number of H-pyrrole nitrogens is 1. The van der Waals surface area contributed by atoms with E-state index in [1.807, 2.05) is 0 Å². The van der Waals surface area contributed by atoms with Crippen LogP contribution in [0.2, 0.25) is 0 Å². The first-order chi connectivity index (χ1) is 4.38. The first-order valence-corrected chi connectivity index (χ1v) is 2.58. The van der Waals surface area contributed by atoms with Crippen molar-refractivity contribution in [2.75, 3.05) is 0 Å². The Labute approximate surface area is 50.8 Å². The van der Waals surface area contributed by atoms with Crippen LogP contribution >= 0.6 is 0 Å². The zero-order chi connectivity index (χ0) is 6.27. The number of cyclic esters (lactones) is 1. The van der Waals surface area contributed by atoms with E-state index in [4.69, 9.17) is 0 Å². The minimum atomic E-state index is -0.328. The number of nitrogens with one attached hydrogen (secondary N) is 1. The number of aromatic amines is 1. The Kier molecular flexibility index (Phi) is 0.677. The van der Waals surface area contributed by atoms with Gasteiger partial charge >= 0.3 is 5.97 Å². The van der Waals surface area contributed by atoms with Gasteiger partial charge in [-0.05, 0) is 0 Å². The molecule has 1 aromatic rings. The van der Waals surface area contributed by atoms with Crippen LogP contribution in [0.25, 0.3) is 0 Å². The highest BCUT2D eigenvalue weighted by Crippen LogP contribution is 2.14. The summed E-state index contributed by atoms with van der Waals surface area (Å²) in [7, 11) is 0. The molecule has 0 amide bonds. The molecule has 0 spiro atoms. The molecule has 1 N–H and O–H groups in total. The van der Waals surface area contributed by atoms with Gasteiger partial charge in [0, 0.05) is 11.8 Å². The van der Waals surface area contributed by atoms with E-state index in [0.717, 1.165) is 5.56 Å². The molecule has 9 heavy (non-hydrogen) atoms. The van der Waals surface area contributed by atoms with Gasteiger partial charge in [0.15, 0.2) is 5.69 Å². The van der Waals surface area contributed by atoms with Gasteiger partial charge in [0.05, 0.1) is 0 Å². The van der Waals surface area contributed by atoms with Crippen molar-refractivity contribution in [3.05, 3.63) is 17.5 Å². The van der Waals surface area contributed by atoms with E-state index in [1.165, 1.54) is 0 Å². The van der Waals surface area contributed by atoms with Gasteiger partial charge < -0.3 is 4.74 Å². The number of hydrogen-bond donors (Lipinski definition) is 1. The highest BCUT2D eigenvalue weighted by Gasteiger charge is 2.23. The SMILES string of the molecule is O=C1OCc2c[nH]nc21. The van der Waals surface area contributed by atoms with Gasteiger partial charge in [0.1, 0.15) is 6.61 Å². The Hall–Kier alpha value is -1.32. The second-order valence-corrected chi connectivity index (χ2v) is 1.84. The molecule has 4 heteroatoms. The second kappa shape index (κ2) is 1.34. The van der Waals surface area contributed by atoms with Gasteiger partial charge in [-0.3, -0.25) is 5.10 Å². The fourth-order valence-corrected chi connectivity index (χ4v) is 0.813. The molecule has 1 aliphatic rings. The summed E-state index contributed by atoms with van der Waals surface area (Å²) < 4.78 is 4.64. The van der Waals surface area contributed by atoms with E-state index in [0.29, 0.717) is 12.3 Å². The van der Waals surface area contributed by atoms with E-state index in [1.54, 1.807) is 6.20 Å². The number of ether oxygens (including phenoxy) is 1. The summed E-state index contributed by atoms with van der Waals surface area (Å²) in [4.78, 5) is 10.6. The summed E-state index contributed by atoms with van der Waals surface area (Å²) in [6.45, 7) is 0.366. The maximum absolute atomic E-state index is 10.6. The average Bonchev–Trinajstić information content (AvgIpc) is 2.35. The van der Waals surface area contributed by atoms with Crippen LogP contribution in [-0.4, -0.2) is 16.2 Å². The Morgan fingerprint density at radius 3 is 3.44 bits per heavy atom. The van der Waals surface area contributed by atoms with Crippen molar-refractivity contribution in [1.29, 1.82) is 0 Å². The molecule has 0 saturated carbocycles. The van der Waals surface area contributed by atoms with Gasteiger partial charge in [-0.1, -0.05) is 0 Å². The van der Waals surface area contributed by atoms with Gasteiger partial charge in [-0.2, -0.15) is 5.10 Å². The monoisotopic (exact) mass is 124 g/mol. The number of rotatable bonds is 0. The van der Waals surface area contributed by atoms with E-state index in [-0.39, 0.29) is 5.97 Å². The number of hydrogen-bond acceptors (Lipinski definition) is 3. The molecule has 0 fully saturated rings. The molecule has 1 aliphatic heterocycles. The van der Waals surface area contributed by atoms with Crippen LogP contribution in [-0.2, 0) is 11.3 Å². The van der Waals surface area contributed by atoms with Crippen LogP contribution < -0.4 is 0 Å². The minimum Gasteiger partial charge on any atom is -0.456 e. The molecule has 1 aromatic heterocycles. The van der Waals surface area contributed by atoms with Gasteiger partial charge in [-0.15, -0.1) is 0 Å². The number of carbonyl (C=O) groups is 1. The summed E-state index contributed by atoms with van der Waals surface area (Å²) >= 11 is 0. The molecule has 0 radical (unpaired) electrons. The smallest absolute Gasteiger partial charge is 0.359 e. The zero-order valence-corrected chi connectivity index (χ0v) is 4.55. The Bertz CT molecular complexity index is 253. The van der Waals surface area contributed by atoms with Gasteiger partial charge in [0.2, 0.25) is 0 Å². The lowest BCUT2D eigenvalue weighted by Gasteiger charge is -1.84. The largest absolute Gasteiger partial charge is 0.456 e. The minimum absolute atomic E-state index is 0.328. The standard InChI is InChI=1S/C5H4N2O2/c8-5-4-3(2-9-5)1-6-7-4/h1H,2H2,(H,6,7). The fraction of sp³-hybridized carbons (Fsp3) is 0.200. The summed E-state index contributed by atoms with van der Waals surface area (Å²) in [5, 5.41) is 6.26. The number of aromatic nitrogens is 2. The maximum atomic E-state index is 10.6. The summed E-state index contributed by atoms with van der Waals surface area (Å²) in [5.41, 5.74) is 1.27. The Morgan fingerprint density at radius 2 is 2.67 bits per heavy atom. The molecular formula is C5H4N2O2. The maximum Gasteiger partial charge on any atom is 0.359 e. The van der Waals surface area contributed by atoms with Crippen molar-refractivity contribution in [2.24, 2.45) is 0 Å². The van der Waals surface area contributed by atoms with Crippen molar-refractivity contribution < 1.29 is 9.53 Å². The quantitative estimate of drug-likeness (QED) is 0.498. The summed E-state index contributed by atoms with van der Waals surface area (Å²) in [6.07, 6.45) is 1.67. The molecular weight excluding hydrogens is 120 g/mol. The van der Waals surface area contributed by atoms with E-state index in [2.05, 4.69) is 14.9 Å². The number of nitrogens with zero attached hydrogens (tertiary/aromatic N) is 1. The van der Waals surface area contributed by atoms with Crippen LogP contribution in [0.15, 0.2) is 6.20 Å². The van der Waals surface area contributed by atoms with E-state index in [9.17, 15) is 4.79 Å². The summed E-state index contributed by atoms with van der Waals surface area (Å²) in [5.74, 6) is -0.328. The van der Waals surface area contributed by atoms with Crippen molar-refractivity contribution in [1.82, 2.24) is 10.2 Å². The first kappa shape index (κ1) is 4.55. The fourth-order valence-electron chi connectivity index (χ4n) is 0.813. The van der Waals surface area contributed by atoms with Crippen LogP contribution in [0.5, 0.6) is 0 Å². The van der Waals surface area contributed by atoms with Crippen LogP contribution in [0.3, 0.4) is 0 Å². The lowest BCUT2D eigenvalue weighted by atomic mass is 10.3. The Balaban J connectivity index is 2.61. The van der Waals surface area contributed by atoms with Crippen LogP contribution in [0, 0.1) is 0 Å². The zero-order valence-electron chi connectivity index (χ0n) is 4.55. The third-order valence-electron chi connectivity index (χ3n) is 1.27. The highest BCUT2D eigenvalue weighted by atomic mass is 16.5. The first-order valence-electron chi connectivity index (χ1n) is 2.58. The molecule has 0 aromatic carbocycles. The predicted molar refractivity (Wildman–Crippen MR) is 27.7 cm³/mol.